The van der Waals surface area contributed by atoms with Gasteiger partial charge in [0.1, 0.15) is 17.7 Å². The van der Waals surface area contributed by atoms with Gasteiger partial charge in [0.25, 0.3) is 0 Å². The first-order chi connectivity index (χ1) is 15.8. The fourth-order valence-corrected chi connectivity index (χ4v) is 5.01. The molecule has 8 nitrogen and oxygen atoms in total. The molecule has 1 amide bonds. The summed E-state index contributed by atoms with van der Waals surface area (Å²) in [5, 5.41) is 18.0. The van der Waals surface area contributed by atoms with Gasteiger partial charge in [-0.05, 0) is 38.5 Å². The van der Waals surface area contributed by atoms with Crippen molar-refractivity contribution >= 4 is 45.3 Å². The molecule has 1 saturated heterocycles. The van der Waals surface area contributed by atoms with Gasteiger partial charge in [-0.15, -0.1) is 0 Å². The Bertz CT molecular complexity index is 1410. The van der Waals surface area contributed by atoms with E-state index in [4.69, 9.17) is 11.6 Å². The Morgan fingerprint density at radius 1 is 1.18 bits per heavy atom. The highest BCUT2D eigenvalue weighted by Gasteiger charge is 2.34. The first-order valence-corrected chi connectivity index (χ1v) is 11.0. The molecule has 1 fully saturated rings. The van der Waals surface area contributed by atoms with Gasteiger partial charge in [-0.25, -0.2) is 19.2 Å². The lowest BCUT2D eigenvalue weighted by atomic mass is 9.95. The summed E-state index contributed by atoms with van der Waals surface area (Å²) >= 11 is 6.69. The summed E-state index contributed by atoms with van der Waals surface area (Å²) in [6.07, 6.45) is 2.04. The molecule has 1 aliphatic heterocycles. The average molecular weight is 469 g/mol. The van der Waals surface area contributed by atoms with Gasteiger partial charge in [-0.2, -0.15) is 5.10 Å². The predicted octanol–water partition coefficient (Wildman–Crippen LogP) is 4.85. The molecule has 0 aliphatic carbocycles. The minimum Gasteiger partial charge on any atom is -0.465 e. The number of piperazine rings is 1. The summed E-state index contributed by atoms with van der Waals surface area (Å²) in [6.45, 7) is 6.41. The van der Waals surface area contributed by atoms with Crippen molar-refractivity contribution in [1.82, 2.24) is 25.1 Å². The number of halogens is 2. The molecule has 2 aromatic heterocycles. The van der Waals surface area contributed by atoms with Gasteiger partial charge in [0.05, 0.1) is 16.7 Å². The number of anilines is 1. The van der Waals surface area contributed by atoms with Crippen molar-refractivity contribution in [1.29, 1.82) is 0 Å². The molecule has 4 aromatic rings. The molecule has 170 valence electrons. The van der Waals surface area contributed by atoms with Gasteiger partial charge >= 0.3 is 6.09 Å². The van der Waals surface area contributed by atoms with E-state index in [0.717, 1.165) is 16.5 Å². The molecule has 0 saturated carbocycles. The topological polar surface area (TPSA) is 98.2 Å². The lowest BCUT2D eigenvalue weighted by Crippen LogP contribution is -2.58. The smallest absolute Gasteiger partial charge is 0.407 e. The van der Waals surface area contributed by atoms with E-state index in [1.54, 1.807) is 12.3 Å². The fourth-order valence-electron chi connectivity index (χ4n) is 4.72. The summed E-state index contributed by atoms with van der Waals surface area (Å²) in [5.41, 5.74) is 2.76. The molecule has 0 radical (unpaired) electrons. The van der Waals surface area contributed by atoms with Crippen LogP contribution in [0.15, 0.2) is 30.7 Å². The number of nitrogens with zero attached hydrogens (tertiary/aromatic N) is 5. The molecular formula is C23H22ClFN6O2. The number of amides is 1. The zero-order chi connectivity index (χ0) is 23.4. The van der Waals surface area contributed by atoms with Crippen LogP contribution in [0.25, 0.3) is 32.9 Å². The SMILES string of the molecule is Cc1ccc2[nH]ncc2c1-c1c(Cl)cc2c(N3C[C@@H](C)N(C(=O)O)C[C@@H]3C)ncnc2c1F. The highest BCUT2D eigenvalue weighted by Crippen LogP contribution is 2.41. The summed E-state index contributed by atoms with van der Waals surface area (Å²) in [7, 11) is 0. The van der Waals surface area contributed by atoms with E-state index in [2.05, 4.69) is 20.2 Å². The van der Waals surface area contributed by atoms with Crippen molar-refractivity contribution in [3.05, 3.63) is 47.1 Å². The van der Waals surface area contributed by atoms with Crippen molar-refractivity contribution in [2.45, 2.75) is 32.9 Å². The average Bonchev–Trinajstić information content (AvgIpc) is 3.25. The fraction of sp³-hybridized carbons (Fsp3) is 0.304. The van der Waals surface area contributed by atoms with Gasteiger partial charge < -0.3 is 14.9 Å². The summed E-state index contributed by atoms with van der Waals surface area (Å²) < 4.78 is 16.0. The Labute approximate surface area is 194 Å². The summed E-state index contributed by atoms with van der Waals surface area (Å²) in [6, 6.07) is 5.09. The van der Waals surface area contributed by atoms with E-state index in [-0.39, 0.29) is 28.2 Å². The second-order valence-corrected chi connectivity index (χ2v) is 8.92. The quantitative estimate of drug-likeness (QED) is 0.436. The molecule has 0 spiro atoms. The lowest BCUT2D eigenvalue weighted by Gasteiger charge is -2.43. The minimum atomic E-state index is -0.955. The van der Waals surface area contributed by atoms with Crippen molar-refractivity contribution in [2.75, 3.05) is 18.0 Å². The van der Waals surface area contributed by atoms with Crippen molar-refractivity contribution < 1.29 is 14.3 Å². The number of aromatic nitrogens is 4. The molecule has 0 bridgehead atoms. The standard InChI is InChI=1S/C23H22ClFN6O2/c1-11-4-5-17-15(7-28-29-17)18(11)19-16(24)6-14-21(20(19)25)26-10-27-22(14)30-8-13(3)31(23(32)33)9-12(30)2/h4-7,10,12-13H,8-9H2,1-3H3,(H,28,29)(H,32,33)/t12-,13+/m0/s1. The number of H-pyrrole nitrogens is 1. The first kappa shape index (κ1) is 21.4. The molecule has 33 heavy (non-hydrogen) atoms. The molecule has 5 rings (SSSR count). The Morgan fingerprint density at radius 2 is 1.97 bits per heavy atom. The number of hydrogen-bond acceptors (Lipinski definition) is 5. The molecule has 3 heterocycles. The van der Waals surface area contributed by atoms with Crippen molar-refractivity contribution in [3.63, 3.8) is 0 Å². The third-order valence-corrected chi connectivity index (χ3v) is 6.68. The van der Waals surface area contributed by atoms with Gasteiger partial charge in [0, 0.05) is 47.1 Å². The molecule has 0 unspecified atom stereocenters. The van der Waals surface area contributed by atoms with E-state index in [1.165, 1.54) is 11.2 Å². The van der Waals surface area contributed by atoms with Gasteiger partial charge in [-0.1, -0.05) is 17.7 Å². The number of nitrogens with one attached hydrogen (secondary N) is 1. The number of aryl methyl sites for hydroxylation is 1. The molecular weight excluding hydrogens is 447 g/mol. The van der Waals surface area contributed by atoms with Crippen LogP contribution in [0.2, 0.25) is 5.02 Å². The largest absolute Gasteiger partial charge is 0.465 e. The molecule has 1 aliphatic rings. The van der Waals surface area contributed by atoms with Crippen molar-refractivity contribution in [3.8, 4) is 11.1 Å². The number of rotatable bonds is 2. The van der Waals surface area contributed by atoms with Crippen LogP contribution in [0.1, 0.15) is 19.4 Å². The van der Waals surface area contributed by atoms with E-state index in [0.29, 0.717) is 29.9 Å². The normalized spacial score (nSPS) is 18.9. The number of aromatic amines is 1. The van der Waals surface area contributed by atoms with Crippen LogP contribution in [0.4, 0.5) is 15.0 Å². The Balaban J connectivity index is 1.68. The number of carbonyl (C=O) groups is 1. The van der Waals surface area contributed by atoms with Crippen LogP contribution in [-0.4, -0.2) is 61.4 Å². The van der Waals surface area contributed by atoms with Gasteiger partial charge in [0.15, 0.2) is 5.82 Å². The molecule has 2 N–H and O–H groups in total. The van der Waals surface area contributed by atoms with Crippen LogP contribution in [0, 0.1) is 12.7 Å². The monoisotopic (exact) mass is 468 g/mol. The number of hydrogen-bond donors (Lipinski definition) is 2. The van der Waals surface area contributed by atoms with Crippen LogP contribution < -0.4 is 4.90 Å². The predicted molar refractivity (Wildman–Crippen MR) is 125 cm³/mol. The van der Waals surface area contributed by atoms with Crippen LogP contribution >= 0.6 is 11.6 Å². The minimum absolute atomic E-state index is 0.154. The highest BCUT2D eigenvalue weighted by molar-refractivity contribution is 6.35. The Morgan fingerprint density at radius 3 is 2.73 bits per heavy atom. The van der Waals surface area contributed by atoms with Crippen molar-refractivity contribution in [2.24, 2.45) is 0 Å². The Kier molecular flexibility index (Phi) is 5.08. The third kappa shape index (κ3) is 3.34. The maximum absolute atomic E-state index is 16.0. The van der Waals surface area contributed by atoms with Crippen LogP contribution in [-0.2, 0) is 0 Å². The third-order valence-electron chi connectivity index (χ3n) is 6.39. The van der Waals surface area contributed by atoms with E-state index in [9.17, 15) is 9.90 Å². The highest BCUT2D eigenvalue weighted by atomic mass is 35.5. The van der Waals surface area contributed by atoms with E-state index < -0.39 is 11.9 Å². The van der Waals surface area contributed by atoms with Crippen LogP contribution in [0.5, 0.6) is 0 Å². The molecule has 2 atom stereocenters. The lowest BCUT2D eigenvalue weighted by molar-refractivity contribution is 0.114. The summed E-state index contributed by atoms with van der Waals surface area (Å²) in [4.78, 5) is 23.6. The summed E-state index contributed by atoms with van der Waals surface area (Å²) in [5.74, 6) is 0.0119. The number of carboxylic acid groups (broad SMARTS) is 1. The molecule has 2 aromatic carbocycles. The number of fused-ring (bicyclic) bond motifs is 2. The van der Waals surface area contributed by atoms with Gasteiger partial charge in [-0.3, -0.25) is 5.10 Å². The zero-order valence-corrected chi connectivity index (χ0v) is 19.1. The van der Waals surface area contributed by atoms with E-state index >= 15 is 4.39 Å². The maximum Gasteiger partial charge on any atom is 0.407 e. The second kappa shape index (κ2) is 7.84. The van der Waals surface area contributed by atoms with Gasteiger partial charge in [0.2, 0.25) is 0 Å². The second-order valence-electron chi connectivity index (χ2n) is 8.51. The molecule has 10 heteroatoms. The first-order valence-electron chi connectivity index (χ1n) is 10.6. The zero-order valence-electron chi connectivity index (χ0n) is 18.3. The number of benzene rings is 2. The Hall–Kier alpha value is -3.46. The maximum atomic E-state index is 16.0. The van der Waals surface area contributed by atoms with Crippen LogP contribution in [0.3, 0.4) is 0 Å². The van der Waals surface area contributed by atoms with E-state index in [1.807, 2.05) is 37.8 Å².